The van der Waals surface area contributed by atoms with E-state index < -0.39 is 0 Å². The molecule has 1 N–H and O–H groups in total. The van der Waals surface area contributed by atoms with E-state index in [0.29, 0.717) is 16.7 Å². The van der Waals surface area contributed by atoms with Crippen LogP contribution in [0.25, 0.3) is 6.08 Å². The monoisotopic (exact) mass is 347 g/mol. The number of rotatable bonds is 3. The second-order valence-corrected chi connectivity index (χ2v) is 6.25. The number of amidine groups is 1. The van der Waals surface area contributed by atoms with Gasteiger partial charge in [-0.25, -0.2) is 14.9 Å². The number of nitrogens with zero attached hydrogens (tertiary/aromatic N) is 3. The number of anilines is 1. The van der Waals surface area contributed by atoms with E-state index in [9.17, 15) is 9.90 Å². The number of hydrogen-bond donors (Lipinski definition) is 1. The SMILES string of the molecule is O=C1/C(=C/c2ccc(O)cc2)N=C(c2ccccc2)N1c1nccs1. The van der Waals surface area contributed by atoms with Crippen LogP contribution in [0.3, 0.4) is 0 Å². The van der Waals surface area contributed by atoms with Crippen LogP contribution in [0.4, 0.5) is 5.13 Å². The van der Waals surface area contributed by atoms with Gasteiger partial charge in [-0.2, -0.15) is 0 Å². The minimum absolute atomic E-state index is 0.179. The number of aromatic hydroxyl groups is 1. The van der Waals surface area contributed by atoms with Gasteiger partial charge in [0, 0.05) is 17.1 Å². The van der Waals surface area contributed by atoms with E-state index in [1.807, 2.05) is 35.7 Å². The molecule has 0 fully saturated rings. The molecule has 25 heavy (non-hydrogen) atoms. The Morgan fingerprint density at radius 3 is 2.48 bits per heavy atom. The molecule has 1 aromatic heterocycles. The lowest BCUT2D eigenvalue weighted by Gasteiger charge is -2.14. The first-order valence-electron chi connectivity index (χ1n) is 7.61. The summed E-state index contributed by atoms with van der Waals surface area (Å²) in [5.41, 5.74) is 1.97. The molecular formula is C19H13N3O2S. The number of phenols is 1. The summed E-state index contributed by atoms with van der Waals surface area (Å²) in [5.74, 6) is 0.519. The van der Waals surface area contributed by atoms with Gasteiger partial charge in [-0.1, -0.05) is 42.5 Å². The molecule has 1 amide bonds. The standard InChI is InChI=1S/C19H13N3O2S/c23-15-8-6-13(7-9-15)12-16-18(24)22(19-20-10-11-25-19)17(21-16)14-4-2-1-3-5-14/h1-12,23H/b16-12-. The van der Waals surface area contributed by atoms with Gasteiger partial charge < -0.3 is 5.11 Å². The molecule has 5 nitrogen and oxygen atoms in total. The van der Waals surface area contributed by atoms with E-state index in [1.165, 1.54) is 16.2 Å². The van der Waals surface area contributed by atoms with Crippen LogP contribution in [0, 0.1) is 0 Å². The highest BCUT2D eigenvalue weighted by Crippen LogP contribution is 2.29. The summed E-state index contributed by atoms with van der Waals surface area (Å²) in [6, 6.07) is 16.2. The number of carbonyl (C=O) groups excluding carboxylic acids is 1. The topological polar surface area (TPSA) is 65.8 Å². The Morgan fingerprint density at radius 1 is 1.04 bits per heavy atom. The van der Waals surface area contributed by atoms with Crippen LogP contribution in [-0.4, -0.2) is 21.8 Å². The van der Waals surface area contributed by atoms with Gasteiger partial charge in [-0.05, 0) is 23.8 Å². The zero-order valence-corrected chi connectivity index (χ0v) is 13.9. The van der Waals surface area contributed by atoms with E-state index in [0.717, 1.165) is 11.1 Å². The van der Waals surface area contributed by atoms with E-state index >= 15 is 0 Å². The molecular weight excluding hydrogens is 334 g/mol. The van der Waals surface area contributed by atoms with Crippen LogP contribution in [0.15, 0.2) is 76.9 Å². The fourth-order valence-corrected chi connectivity index (χ4v) is 3.17. The highest BCUT2D eigenvalue weighted by atomic mass is 32.1. The molecule has 2 aromatic carbocycles. The molecule has 0 saturated heterocycles. The first-order chi connectivity index (χ1) is 12.2. The number of benzene rings is 2. The molecule has 0 radical (unpaired) electrons. The van der Waals surface area contributed by atoms with E-state index in [1.54, 1.807) is 36.5 Å². The highest BCUT2D eigenvalue weighted by molar-refractivity contribution is 7.14. The smallest absolute Gasteiger partial charge is 0.284 e. The molecule has 1 aliphatic heterocycles. The second kappa shape index (κ2) is 6.33. The molecule has 0 saturated carbocycles. The number of phenolic OH excluding ortho intramolecular Hbond substituents is 1. The van der Waals surface area contributed by atoms with E-state index in [4.69, 9.17) is 0 Å². The number of carbonyl (C=O) groups is 1. The molecule has 0 spiro atoms. The average Bonchev–Trinajstić information content (AvgIpc) is 3.26. The fourth-order valence-electron chi connectivity index (χ4n) is 2.53. The maximum absolute atomic E-state index is 12.9. The molecule has 0 unspecified atom stereocenters. The zero-order chi connectivity index (χ0) is 17.2. The lowest BCUT2D eigenvalue weighted by atomic mass is 10.2. The van der Waals surface area contributed by atoms with Gasteiger partial charge >= 0.3 is 0 Å². The Morgan fingerprint density at radius 2 is 1.80 bits per heavy atom. The molecule has 122 valence electrons. The van der Waals surface area contributed by atoms with Crippen LogP contribution in [0.1, 0.15) is 11.1 Å². The van der Waals surface area contributed by atoms with Crippen molar-refractivity contribution in [3.63, 3.8) is 0 Å². The van der Waals surface area contributed by atoms with Crippen LogP contribution < -0.4 is 4.90 Å². The number of amides is 1. The highest BCUT2D eigenvalue weighted by Gasteiger charge is 2.33. The van der Waals surface area contributed by atoms with Gasteiger partial charge in [0.05, 0.1) is 0 Å². The van der Waals surface area contributed by atoms with Crippen molar-refractivity contribution in [1.82, 2.24) is 4.98 Å². The predicted octanol–water partition coefficient (Wildman–Crippen LogP) is 3.68. The van der Waals surface area contributed by atoms with Crippen molar-refractivity contribution in [3.05, 3.63) is 83.0 Å². The Hall–Kier alpha value is -3.25. The van der Waals surface area contributed by atoms with Gasteiger partial charge in [0.15, 0.2) is 5.13 Å². The van der Waals surface area contributed by atoms with Gasteiger partial charge in [-0.15, -0.1) is 11.3 Å². The van der Waals surface area contributed by atoms with Crippen molar-refractivity contribution in [2.45, 2.75) is 0 Å². The predicted molar refractivity (Wildman–Crippen MR) is 98.7 cm³/mol. The van der Waals surface area contributed by atoms with Crippen molar-refractivity contribution in [2.75, 3.05) is 4.90 Å². The van der Waals surface area contributed by atoms with Crippen LogP contribution in [0.5, 0.6) is 5.75 Å². The zero-order valence-electron chi connectivity index (χ0n) is 13.0. The van der Waals surface area contributed by atoms with Crippen molar-refractivity contribution >= 4 is 34.3 Å². The number of aromatic nitrogens is 1. The third-order valence-corrected chi connectivity index (χ3v) is 4.46. The summed E-state index contributed by atoms with van der Waals surface area (Å²) in [4.78, 5) is 23.3. The average molecular weight is 347 g/mol. The summed E-state index contributed by atoms with van der Waals surface area (Å²) < 4.78 is 0. The summed E-state index contributed by atoms with van der Waals surface area (Å²) in [5, 5.41) is 11.8. The van der Waals surface area contributed by atoms with Gasteiger partial charge in [-0.3, -0.25) is 4.79 Å². The molecule has 0 aliphatic carbocycles. The Kier molecular flexibility index (Phi) is 3.87. The third kappa shape index (κ3) is 2.95. The maximum atomic E-state index is 12.9. The fraction of sp³-hybridized carbons (Fsp3) is 0. The Balaban J connectivity index is 1.80. The molecule has 6 heteroatoms. The number of thiazole rings is 1. The van der Waals surface area contributed by atoms with Gasteiger partial charge in [0.25, 0.3) is 5.91 Å². The molecule has 4 rings (SSSR count). The van der Waals surface area contributed by atoms with Gasteiger partial charge in [0.1, 0.15) is 17.3 Å². The number of aliphatic imine (C=N–C) groups is 1. The minimum Gasteiger partial charge on any atom is -0.508 e. The summed E-state index contributed by atoms with van der Waals surface area (Å²) >= 11 is 1.39. The molecule has 0 atom stereocenters. The van der Waals surface area contributed by atoms with E-state index in [2.05, 4.69) is 9.98 Å². The molecule has 1 aliphatic rings. The first-order valence-corrected chi connectivity index (χ1v) is 8.49. The second-order valence-electron chi connectivity index (χ2n) is 5.38. The van der Waals surface area contributed by atoms with Crippen molar-refractivity contribution < 1.29 is 9.90 Å². The first kappa shape index (κ1) is 15.3. The minimum atomic E-state index is -0.220. The Bertz CT molecular complexity index is 962. The normalized spacial score (nSPS) is 15.7. The summed E-state index contributed by atoms with van der Waals surface area (Å²) in [6.45, 7) is 0. The lowest BCUT2D eigenvalue weighted by molar-refractivity contribution is -0.113. The van der Waals surface area contributed by atoms with Crippen LogP contribution in [0.2, 0.25) is 0 Å². The van der Waals surface area contributed by atoms with Crippen molar-refractivity contribution in [2.24, 2.45) is 4.99 Å². The summed E-state index contributed by atoms with van der Waals surface area (Å²) in [7, 11) is 0. The van der Waals surface area contributed by atoms with E-state index in [-0.39, 0.29) is 11.7 Å². The Labute approximate surface area is 148 Å². The number of hydrogen-bond acceptors (Lipinski definition) is 5. The maximum Gasteiger partial charge on any atom is 0.284 e. The van der Waals surface area contributed by atoms with Crippen molar-refractivity contribution in [1.29, 1.82) is 0 Å². The third-order valence-electron chi connectivity index (χ3n) is 3.70. The van der Waals surface area contributed by atoms with Crippen LogP contribution >= 0.6 is 11.3 Å². The molecule has 0 bridgehead atoms. The summed E-state index contributed by atoms with van der Waals surface area (Å²) in [6.07, 6.45) is 3.37. The molecule has 3 aromatic rings. The molecule has 2 heterocycles. The van der Waals surface area contributed by atoms with Crippen molar-refractivity contribution in [3.8, 4) is 5.75 Å². The van der Waals surface area contributed by atoms with Crippen LogP contribution in [-0.2, 0) is 4.79 Å². The van der Waals surface area contributed by atoms with Gasteiger partial charge in [0.2, 0.25) is 0 Å². The lowest BCUT2D eigenvalue weighted by Crippen LogP contribution is -2.32. The quantitative estimate of drug-likeness (QED) is 0.735. The largest absolute Gasteiger partial charge is 0.508 e.